The van der Waals surface area contributed by atoms with Gasteiger partial charge >= 0.3 is 0 Å². The normalized spacial score (nSPS) is 13.4. The molecule has 2 amide bonds. The van der Waals surface area contributed by atoms with E-state index in [-0.39, 0.29) is 18.4 Å². The third-order valence-electron chi connectivity index (χ3n) is 5.53. The van der Waals surface area contributed by atoms with Crippen molar-refractivity contribution in [3.63, 3.8) is 0 Å². The van der Waals surface area contributed by atoms with Gasteiger partial charge in [0, 0.05) is 16.6 Å². The van der Waals surface area contributed by atoms with Gasteiger partial charge in [-0.3, -0.25) is 14.9 Å². The Balaban J connectivity index is 1.49. The number of hydrogen-bond donors (Lipinski definition) is 3. The Labute approximate surface area is 198 Å². The molecule has 168 valence electrons. The largest absolute Gasteiger partial charge is 0.323 e. The summed E-state index contributed by atoms with van der Waals surface area (Å²) in [4.78, 5) is 31.3. The summed E-state index contributed by atoms with van der Waals surface area (Å²) in [5.74, 6) is -0.725. The van der Waals surface area contributed by atoms with Crippen LogP contribution < -0.4 is 16.4 Å². The number of hydrogen-bond acceptors (Lipinski definition) is 8. The highest BCUT2D eigenvalue weighted by atomic mass is 32.1. The fourth-order valence-corrected chi connectivity index (χ4v) is 5.69. The van der Waals surface area contributed by atoms with Gasteiger partial charge in [0.2, 0.25) is 11.0 Å². The maximum absolute atomic E-state index is 13.2. The molecule has 0 bridgehead atoms. The maximum atomic E-state index is 13.2. The number of aryl methyl sites for hydroxylation is 2. The Bertz CT molecular complexity index is 1330. The molecule has 33 heavy (non-hydrogen) atoms. The van der Waals surface area contributed by atoms with Crippen LogP contribution in [0, 0.1) is 0 Å². The van der Waals surface area contributed by atoms with Crippen LogP contribution in [0.3, 0.4) is 0 Å². The van der Waals surface area contributed by atoms with E-state index in [1.165, 1.54) is 34.7 Å². The van der Waals surface area contributed by atoms with Gasteiger partial charge in [0.1, 0.15) is 14.7 Å². The van der Waals surface area contributed by atoms with Crippen LogP contribution in [0.2, 0.25) is 0 Å². The highest BCUT2D eigenvalue weighted by molar-refractivity contribution is 7.21. The van der Waals surface area contributed by atoms with Crippen LogP contribution >= 0.6 is 22.7 Å². The van der Waals surface area contributed by atoms with Crippen molar-refractivity contribution in [1.29, 1.82) is 0 Å². The molecular formula is C23H22N6O2S2. The number of anilines is 2. The number of pyridine rings is 1. The first-order valence-corrected chi connectivity index (χ1v) is 12.4. The van der Waals surface area contributed by atoms with Crippen molar-refractivity contribution >= 4 is 55.5 Å². The zero-order chi connectivity index (χ0) is 22.8. The third kappa shape index (κ3) is 4.50. The number of nitrogens with two attached hydrogens (primary N) is 1. The smallest absolute Gasteiger partial charge is 0.269 e. The van der Waals surface area contributed by atoms with E-state index in [1.54, 1.807) is 0 Å². The SMILES string of the molecule is NCC(=O)Nc1c(C(=O)Nc2nnc(-c3ccccc3)s2)sc2nc3c(cc12)CCCCC3. The van der Waals surface area contributed by atoms with E-state index in [2.05, 4.69) is 26.9 Å². The predicted octanol–water partition coefficient (Wildman–Crippen LogP) is 4.23. The quantitative estimate of drug-likeness (QED) is 0.369. The van der Waals surface area contributed by atoms with Gasteiger partial charge < -0.3 is 11.1 Å². The first-order chi connectivity index (χ1) is 16.1. The van der Waals surface area contributed by atoms with E-state index in [1.807, 2.05) is 30.3 Å². The van der Waals surface area contributed by atoms with Crippen LogP contribution in [-0.4, -0.2) is 33.5 Å². The lowest BCUT2D eigenvalue weighted by Gasteiger charge is -2.08. The molecule has 8 nitrogen and oxygen atoms in total. The number of nitrogens with zero attached hydrogens (tertiary/aromatic N) is 3. The molecule has 1 aliphatic rings. The molecule has 0 fully saturated rings. The van der Waals surface area contributed by atoms with E-state index in [0.29, 0.717) is 20.7 Å². The van der Waals surface area contributed by atoms with Crippen LogP contribution in [0.1, 0.15) is 40.2 Å². The monoisotopic (exact) mass is 478 g/mol. The summed E-state index contributed by atoms with van der Waals surface area (Å²) in [5.41, 5.74) is 9.18. The first kappa shape index (κ1) is 21.6. The first-order valence-electron chi connectivity index (χ1n) is 10.8. The van der Waals surface area contributed by atoms with Crippen molar-refractivity contribution in [2.24, 2.45) is 5.73 Å². The van der Waals surface area contributed by atoms with Gasteiger partial charge in [-0.1, -0.05) is 48.1 Å². The molecule has 0 saturated heterocycles. The summed E-state index contributed by atoms with van der Waals surface area (Å²) < 4.78 is 0. The minimum atomic E-state index is -0.365. The molecule has 1 aliphatic carbocycles. The summed E-state index contributed by atoms with van der Waals surface area (Å²) in [7, 11) is 0. The second kappa shape index (κ2) is 9.34. The number of rotatable bonds is 5. The molecule has 4 aromatic rings. The van der Waals surface area contributed by atoms with Crippen LogP contribution in [0.5, 0.6) is 0 Å². The van der Waals surface area contributed by atoms with Crippen LogP contribution in [0.4, 0.5) is 10.8 Å². The molecule has 0 spiro atoms. The second-order valence-corrected chi connectivity index (χ2v) is 9.78. The standard InChI is InChI=1S/C23H22N6O2S2/c24-12-17(30)26-18-15-11-14-9-5-2-6-10-16(14)25-22(15)32-19(18)20(31)27-23-29-28-21(33-23)13-7-3-1-4-8-13/h1,3-4,7-8,11H,2,5-6,9-10,12,24H2,(H,26,30)(H,27,29,31). The molecule has 0 aliphatic heterocycles. The Morgan fingerprint density at radius 3 is 2.64 bits per heavy atom. The number of carbonyl (C=O) groups excluding carboxylic acids is 2. The summed E-state index contributed by atoms with van der Waals surface area (Å²) in [6, 6.07) is 11.7. The molecule has 0 radical (unpaired) electrons. The summed E-state index contributed by atoms with van der Waals surface area (Å²) in [6.45, 7) is -0.173. The molecule has 3 aromatic heterocycles. The lowest BCUT2D eigenvalue weighted by Crippen LogP contribution is -2.23. The van der Waals surface area contributed by atoms with E-state index in [9.17, 15) is 9.59 Å². The molecule has 4 N–H and O–H groups in total. The summed E-state index contributed by atoms with van der Waals surface area (Å²) in [5, 5.41) is 15.8. The number of nitrogens with one attached hydrogen (secondary N) is 2. The van der Waals surface area contributed by atoms with Crippen LogP contribution in [-0.2, 0) is 17.6 Å². The van der Waals surface area contributed by atoms with Crippen molar-refractivity contribution in [3.8, 4) is 10.6 Å². The molecule has 1 aromatic carbocycles. The van der Waals surface area contributed by atoms with Crippen LogP contribution in [0.15, 0.2) is 36.4 Å². The van der Waals surface area contributed by atoms with Gasteiger partial charge in [-0.15, -0.1) is 21.5 Å². The van der Waals surface area contributed by atoms with E-state index in [4.69, 9.17) is 10.7 Å². The van der Waals surface area contributed by atoms with Gasteiger partial charge in [0.25, 0.3) is 5.91 Å². The second-order valence-electron chi connectivity index (χ2n) is 7.80. The maximum Gasteiger partial charge on any atom is 0.269 e. The summed E-state index contributed by atoms with van der Waals surface area (Å²) >= 11 is 2.55. The zero-order valence-electron chi connectivity index (χ0n) is 17.8. The van der Waals surface area contributed by atoms with Crippen molar-refractivity contribution < 1.29 is 9.59 Å². The minimum Gasteiger partial charge on any atom is -0.323 e. The fraction of sp³-hybridized carbons (Fsp3) is 0.261. The Kier molecular flexibility index (Phi) is 6.12. The molecule has 0 saturated carbocycles. The highest BCUT2D eigenvalue weighted by Crippen LogP contribution is 2.38. The number of carbonyl (C=O) groups is 2. The number of amides is 2. The molecule has 3 heterocycles. The molecule has 0 unspecified atom stereocenters. The van der Waals surface area contributed by atoms with E-state index < -0.39 is 0 Å². The zero-order valence-corrected chi connectivity index (χ0v) is 19.4. The van der Waals surface area contributed by atoms with Gasteiger partial charge in [0.15, 0.2) is 0 Å². The predicted molar refractivity (Wildman–Crippen MR) is 132 cm³/mol. The van der Waals surface area contributed by atoms with Gasteiger partial charge in [0.05, 0.1) is 12.2 Å². The number of benzene rings is 1. The highest BCUT2D eigenvalue weighted by Gasteiger charge is 2.24. The average Bonchev–Trinajstić information content (AvgIpc) is 3.36. The Hall–Kier alpha value is -3.21. The van der Waals surface area contributed by atoms with Crippen LogP contribution in [0.25, 0.3) is 20.8 Å². The Morgan fingerprint density at radius 2 is 1.82 bits per heavy atom. The van der Waals surface area contributed by atoms with Crippen molar-refractivity contribution in [3.05, 3.63) is 52.5 Å². The molecule has 5 rings (SSSR count). The Morgan fingerprint density at radius 1 is 1.00 bits per heavy atom. The van der Waals surface area contributed by atoms with Gasteiger partial charge in [-0.05, 0) is 37.3 Å². The van der Waals surface area contributed by atoms with Crippen molar-refractivity contribution in [2.75, 3.05) is 17.2 Å². The molecule has 0 atom stereocenters. The lowest BCUT2D eigenvalue weighted by atomic mass is 10.1. The third-order valence-corrected chi connectivity index (χ3v) is 7.52. The minimum absolute atomic E-state index is 0.173. The topological polar surface area (TPSA) is 123 Å². The average molecular weight is 479 g/mol. The van der Waals surface area contributed by atoms with Gasteiger partial charge in [-0.2, -0.15) is 0 Å². The summed E-state index contributed by atoms with van der Waals surface area (Å²) in [6.07, 6.45) is 5.29. The van der Waals surface area contributed by atoms with Crippen molar-refractivity contribution in [2.45, 2.75) is 32.1 Å². The number of aromatic nitrogens is 3. The van der Waals surface area contributed by atoms with Gasteiger partial charge in [-0.25, -0.2) is 4.98 Å². The molecular weight excluding hydrogens is 456 g/mol. The number of fused-ring (bicyclic) bond motifs is 2. The van der Waals surface area contributed by atoms with E-state index in [0.717, 1.165) is 47.2 Å². The number of thiophene rings is 1. The molecule has 10 heteroatoms. The fourth-order valence-electron chi connectivity index (χ4n) is 3.92. The van der Waals surface area contributed by atoms with E-state index >= 15 is 0 Å². The lowest BCUT2D eigenvalue weighted by molar-refractivity contribution is -0.114. The van der Waals surface area contributed by atoms with Crippen molar-refractivity contribution in [1.82, 2.24) is 15.2 Å².